The van der Waals surface area contributed by atoms with Crippen LogP contribution in [0.3, 0.4) is 0 Å². The molecule has 0 heterocycles. The van der Waals surface area contributed by atoms with Crippen LogP contribution >= 0.6 is 0 Å². The quantitative estimate of drug-likeness (QED) is 0.819. The van der Waals surface area contributed by atoms with Crippen LogP contribution in [0.2, 0.25) is 0 Å². The van der Waals surface area contributed by atoms with Gasteiger partial charge in [0.25, 0.3) is 0 Å². The Balaban J connectivity index is 2.49. The Bertz CT molecular complexity index is 644. The van der Waals surface area contributed by atoms with E-state index in [0.29, 0.717) is 12.2 Å². The van der Waals surface area contributed by atoms with E-state index in [9.17, 15) is 9.90 Å². The zero-order chi connectivity index (χ0) is 14.9. The van der Waals surface area contributed by atoms with Crippen molar-refractivity contribution >= 4 is 22.6 Å². The van der Waals surface area contributed by atoms with E-state index in [0.717, 1.165) is 16.3 Å². The zero-order valence-electron chi connectivity index (χ0n) is 12.1. The summed E-state index contributed by atoms with van der Waals surface area (Å²) < 4.78 is 0. The number of nitrogens with zero attached hydrogens (tertiary/aromatic N) is 1. The highest BCUT2D eigenvalue weighted by Crippen LogP contribution is 2.27. The van der Waals surface area contributed by atoms with E-state index in [1.807, 2.05) is 57.2 Å². The predicted octanol–water partition coefficient (Wildman–Crippen LogP) is 3.70. The highest BCUT2D eigenvalue weighted by molar-refractivity contribution is 5.95. The molecule has 0 fully saturated rings. The first-order chi connectivity index (χ1) is 9.30. The predicted molar refractivity (Wildman–Crippen MR) is 81.7 cm³/mol. The summed E-state index contributed by atoms with van der Waals surface area (Å²) in [6, 6.07) is 11.5. The Kier molecular flexibility index (Phi) is 3.57. The first-order valence-corrected chi connectivity index (χ1v) is 6.57. The summed E-state index contributed by atoms with van der Waals surface area (Å²) >= 11 is 0. The number of anilines is 1. The van der Waals surface area contributed by atoms with Crippen molar-refractivity contribution < 1.29 is 9.90 Å². The summed E-state index contributed by atoms with van der Waals surface area (Å²) in [7, 11) is 0. The van der Waals surface area contributed by atoms with Gasteiger partial charge in [0.1, 0.15) is 0 Å². The second kappa shape index (κ2) is 5.04. The number of benzene rings is 2. The number of nitrogen functional groups attached to an aromatic ring is 1. The largest absolute Gasteiger partial charge is 0.465 e. The van der Waals surface area contributed by atoms with Crippen molar-refractivity contribution in [3.05, 3.63) is 42.0 Å². The maximum Gasteiger partial charge on any atom is 0.408 e. The molecule has 3 N–H and O–H groups in total. The molecule has 0 aliphatic rings. The lowest BCUT2D eigenvalue weighted by molar-refractivity contribution is 0.0958. The van der Waals surface area contributed by atoms with Crippen LogP contribution in [0.15, 0.2) is 36.4 Å². The van der Waals surface area contributed by atoms with E-state index in [1.54, 1.807) is 0 Å². The number of hydrogen-bond acceptors (Lipinski definition) is 2. The van der Waals surface area contributed by atoms with Gasteiger partial charge >= 0.3 is 6.09 Å². The summed E-state index contributed by atoms with van der Waals surface area (Å²) in [5, 5.41) is 11.4. The van der Waals surface area contributed by atoms with Crippen LogP contribution < -0.4 is 5.73 Å². The lowest BCUT2D eigenvalue weighted by Crippen LogP contribution is -2.44. The number of amides is 1. The van der Waals surface area contributed by atoms with Gasteiger partial charge in [-0.1, -0.05) is 30.3 Å². The van der Waals surface area contributed by atoms with E-state index in [4.69, 9.17) is 5.73 Å². The lowest BCUT2D eigenvalue weighted by Gasteiger charge is -2.33. The third-order valence-electron chi connectivity index (χ3n) is 3.42. The second-order valence-corrected chi connectivity index (χ2v) is 5.90. The summed E-state index contributed by atoms with van der Waals surface area (Å²) in [6.45, 7) is 6.02. The Labute approximate surface area is 118 Å². The Morgan fingerprint density at radius 1 is 1.15 bits per heavy atom. The number of carboxylic acid groups (broad SMARTS) is 1. The minimum Gasteiger partial charge on any atom is -0.465 e. The standard InChI is InChI=1S/C16H20N2O2/c1-16(2,3)18(15(19)20)10-11-8-9-14(17)13-7-5-4-6-12(11)13/h4-9H,10,17H2,1-3H3,(H,19,20). The molecule has 0 aromatic heterocycles. The summed E-state index contributed by atoms with van der Waals surface area (Å²) in [4.78, 5) is 12.9. The van der Waals surface area contributed by atoms with Gasteiger partial charge in [-0.25, -0.2) is 4.79 Å². The minimum atomic E-state index is -0.918. The molecule has 0 aliphatic carbocycles. The minimum absolute atomic E-state index is 0.347. The average molecular weight is 272 g/mol. The SMILES string of the molecule is CC(C)(C)N(Cc1ccc(N)c2ccccc12)C(=O)O. The fourth-order valence-corrected chi connectivity index (χ4v) is 2.28. The number of nitrogens with two attached hydrogens (primary N) is 1. The third-order valence-corrected chi connectivity index (χ3v) is 3.42. The first kappa shape index (κ1) is 14.2. The number of rotatable bonds is 2. The molecule has 0 atom stereocenters. The van der Waals surface area contributed by atoms with Crippen LogP contribution in [0.25, 0.3) is 10.8 Å². The van der Waals surface area contributed by atoms with Gasteiger partial charge in [-0.2, -0.15) is 0 Å². The third kappa shape index (κ3) is 2.69. The van der Waals surface area contributed by atoms with Gasteiger partial charge in [0, 0.05) is 16.6 Å². The molecule has 0 spiro atoms. The van der Waals surface area contributed by atoms with E-state index in [2.05, 4.69) is 0 Å². The maximum atomic E-state index is 11.5. The average Bonchev–Trinajstić information content (AvgIpc) is 2.36. The van der Waals surface area contributed by atoms with Gasteiger partial charge in [-0.05, 0) is 37.8 Å². The molecule has 2 rings (SSSR count). The van der Waals surface area contributed by atoms with Crippen molar-refractivity contribution in [3.8, 4) is 0 Å². The molecule has 0 saturated carbocycles. The van der Waals surface area contributed by atoms with Crippen LogP contribution in [0.5, 0.6) is 0 Å². The monoisotopic (exact) mass is 272 g/mol. The van der Waals surface area contributed by atoms with Gasteiger partial charge in [0.05, 0.1) is 6.54 Å². The van der Waals surface area contributed by atoms with Crippen LogP contribution in [0.4, 0.5) is 10.5 Å². The molecular weight excluding hydrogens is 252 g/mol. The topological polar surface area (TPSA) is 66.6 Å². The molecule has 106 valence electrons. The van der Waals surface area contributed by atoms with Gasteiger partial charge < -0.3 is 10.8 Å². The molecule has 20 heavy (non-hydrogen) atoms. The van der Waals surface area contributed by atoms with Crippen LogP contribution in [0.1, 0.15) is 26.3 Å². The second-order valence-electron chi connectivity index (χ2n) is 5.90. The van der Waals surface area contributed by atoms with Crippen molar-refractivity contribution in [2.45, 2.75) is 32.9 Å². The molecule has 0 bridgehead atoms. The van der Waals surface area contributed by atoms with E-state index in [-0.39, 0.29) is 0 Å². The Morgan fingerprint density at radius 3 is 2.30 bits per heavy atom. The molecular formula is C16H20N2O2. The molecule has 0 aliphatic heterocycles. The fraction of sp³-hybridized carbons (Fsp3) is 0.312. The molecule has 2 aromatic carbocycles. The molecule has 4 nitrogen and oxygen atoms in total. The van der Waals surface area contributed by atoms with Crippen molar-refractivity contribution in [1.29, 1.82) is 0 Å². The van der Waals surface area contributed by atoms with E-state index in [1.165, 1.54) is 4.90 Å². The van der Waals surface area contributed by atoms with Crippen LogP contribution in [0, 0.1) is 0 Å². The number of hydrogen-bond donors (Lipinski definition) is 2. The summed E-state index contributed by atoms with van der Waals surface area (Å²) in [5.41, 5.74) is 7.20. The molecule has 0 saturated heterocycles. The highest BCUT2D eigenvalue weighted by Gasteiger charge is 2.26. The Hall–Kier alpha value is -2.23. The number of fused-ring (bicyclic) bond motifs is 1. The van der Waals surface area contributed by atoms with Crippen molar-refractivity contribution in [1.82, 2.24) is 4.90 Å². The van der Waals surface area contributed by atoms with Crippen LogP contribution in [-0.4, -0.2) is 21.6 Å². The normalized spacial score (nSPS) is 11.6. The van der Waals surface area contributed by atoms with Crippen molar-refractivity contribution in [2.75, 3.05) is 5.73 Å². The molecule has 0 radical (unpaired) electrons. The van der Waals surface area contributed by atoms with Gasteiger partial charge in [-0.3, -0.25) is 4.90 Å². The smallest absolute Gasteiger partial charge is 0.408 e. The van der Waals surface area contributed by atoms with Gasteiger partial charge in [-0.15, -0.1) is 0 Å². The summed E-state index contributed by atoms with van der Waals surface area (Å²) in [5.74, 6) is 0. The molecule has 1 amide bonds. The zero-order valence-corrected chi connectivity index (χ0v) is 12.1. The summed E-state index contributed by atoms with van der Waals surface area (Å²) in [6.07, 6.45) is -0.918. The van der Waals surface area contributed by atoms with Gasteiger partial charge in [0.15, 0.2) is 0 Å². The van der Waals surface area contributed by atoms with E-state index < -0.39 is 11.6 Å². The van der Waals surface area contributed by atoms with Crippen molar-refractivity contribution in [2.24, 2.45) is 0 Å². The molecule has 0 unspecified atom stereocenters. The lowest BCUT2D eigenvalue weighted by atomic mass is 10.00. The first-order valence-electron chi connectivity index (χ1n) is 6.57. The highest BCUT2D eigenvalue weighted by atomic mass is 16.4. The Morgan fingerprint density at radius 2 is 1.75 bits per heavy atom. The van der Waals surface area contributed by atoms with E-state index >= 15 is 0 Å². The van der Waals surface area contributed by atoms with Crippen LogP contribution in [-0.2, 0) is 6.54 Å². The number of carbonyl (C=O) groups is 1. The maximum absolute atomic E-state index is 11.5. The van der Waals surface area contributed by atoms with Gasteiger partial charge in [0.2, 0.25) is 0 Å². The molecule has 2 aromatic rings. The van der Waals surface area contributed by atoms with Crippen molar-refractivity contribution in [3.63, 3.8) is 0 Å². The fourth-order valence-electron chi connectivity index (χ4n) is 2.28. The molecule has 4 heteroatoms.